The summed E-state index contributed by atoms with van der Waals surface area (Å²) in [7, 11) is 0. The predicted molar refractivity (Wildman–Crippen MR) is 174 cm³/mol. The van der Waals surface area contributed by atoms with Gasteiger partial charge in [-0.3, -0.25) is 0 Å². The van der Waals surface area contributed by atoms with Gasteiger partial charge in [0.05, 0.1) is 5.82 Å². The van der Waals surface area contributed by atoms with Crippen LogP contribution in [0.2, 0.25) is 0 Å². The molecule has 0 unspecified atom stereocenters. The Morgan fingerprint density at radius 2 is 1.07 bits per heavy atom. The molecule has 0 amide bonds. The van der Waals surface area contributed by atoms with E-state index < -0.39 is 0 Å². The van der Waals surface area contributed by atoms with Crippen LogP contribution in [0.4, 0.5) is 4.39 Å². The molecule has 1 aliphatic rings. The normalized spacial score (nSPS) is 11.2. The van der Waals surface area contributed by atoms with Crippen LogP contribution in [-0.2, 0) is 24.2 Å². The topological polar surface area (TPSA) is 0 Å². The Balaban J connectivity index is 0.000000166. The first-order valence-corrected chi connectivity index (χ1v) is 14.2. The van der Waals surface area contributed by atoms with E-state index in [0.717, 1.165) is 12.0 Å². The van der Waals surface area contributed by atoms with Crippen molar-refractivity contribution in [2.24, 2.45) is 0 Å². The maximum atomic E-state index is 13.1. The molecule has 0 aromatic heterocycles. The van der Waals surface area contributed by atoms with Gasteiger partial charge in [0, 0.05) is 0 Å². The molecule has 0 nitrogen and oxygen atoms in total. The zero-order valence-electron chi connectivity index (χ0n) is 22.3. The van der Waals surface area contributed by atoms with E-state index in [9.17, 15) is 4.39 Å². The fourth-order valence-electron chi connectivity index (χ4n) is 4.55. The predicted octanol–water partition coefficient (Wildman–Crippen LogP) is 10.3. The van der Waals surface area contributed by atoms with Crippen molar-refractivity contribution in [2.45, 2.75) is 6.42 Å². The summed E-state index contributed by atoms with van der Waals surface area (Å²) in [5, 5.41) is 5.39. The minimum Gasteiger partial charge on any atom is -0.126 e. The number of benzene rings is 5. The van der Waals surface area contributed by atoms with E-state index in [-0.39, 0.29) is 30.6 Å². The van der Waals surface area contributed by atoms with E-state index in [0.29, 0.717) is 5.56 Å². The van der Waals surface area contributed by atoms with Crippen LogP contribution in [-0.4, -0.2) is 3.21 Å². The Bertz CT molecular complexity index is 1660. The largest absolute Gasteiger partial charge is 0.126 e. The molecule has 0 saturated carbocycles. The summed E-state index contributed by atoms with van der Waals surface area (Å²) in [6, 6.07) is 47.1. The Labute approximate surface area is 268 Å². The van der Waals surface area contributed by atoms with E-state index in [1.807, 2.05) is 18.2 Å². The summed E-state index contributed by atoms with van der Waals surface area (Å²) in [4.78, 5) is 0. The van der Waals surface area contributed by atoms with Crippen molar-refractivity contribution in [3.05, 3.63) is 180 Å². The van der Waals surface area contributed by atoms with Gasteiger partial charge in [0.15, 0.2) is 0 Å². The van der Waals surface area contributed by atoms with Crippen LogP contribution in [0, 0.1) is 11.9 Å². The molecule has 7 rings (SSSR count). The molecule has 0 saturated heterocycles. The second kappa shape index (κ2) is 16.2. The SMILES string of the molecule is Cl.Cl.Fc1ccccc1C1=[C-]CC=C1.[Zr+2]=[C](c1ccccc1)c1ccccc1.c1ccc2c(c1)[cH-]c1ccccc12. The van der Waals surface area contributed by atoms with Crippen molar-refractivity contribution < 1.29 is 28.6 Å². The molecule has 0 aliphatic heterocycles. The second-order valence-electron chi connectivity index (χ2n) is 9.10. The van der Waals surface area contributed by atoms with Gasteiger partial charge < -0.3 is 0 Å². The molecule has 0 N–H and O–H groups in total. The third-order valence-electron chi connectivity index (χ3n) is 6.51. The Hall–Kier alpha value is -3.29. The molecular weight excluding hydrogens is 626 g/mol. The zero-order valence-corrected chi connectivity index (χ0v) is 26.4. The standard InChI is InChI=1S/C13H9.C13H10.C11H8F.2ClH.Zr/c1-3-7-12-10(5-1)9-11-6-2-4-8-13(11)12;1-3-7-12(8-4-1)11-13-9-5-2-6-10-13;12-11-8-4-3-7-10(11)9-5-1-2-6-9;;;/h1-9H;1-10H;1,3-5,7-8H,2H2;2*1H;/q-1;;-1;;;+2. The maximum absolute atomic E-state index is 13.1. The molecule has 0 fully saturated rings. The Morgan fingerprint density at radius 1 is 0.610 bits per heavy atom. The molecule has 202 valence electrons. The van der Waals surface area contributed by atoms with E-state index in [4.69, 9.17) is 0 Å². The molecule has 0 radical (unpaired) electrons. The number of halogens is 3. The first-order valence-electron chi connectivity index (χ1n) is 13.0. The Kier molecular flexibility index (Phi) is 12.8. The van der Waals surface area contributed by atoms with Crippen molar-refractivity contribution in [2.75, 3.05) is 0 Å². The summed E-state index contributed by atoms with van der Waals surface area (Å²) >= 11 is 1.46. The third-order valence-corrected chi connectivity index (χ3v) is 7.93. The maximum Gasteiger partial charge on any atom is -0.0771 e. The summed E-state index contributed by atoms with van der Waals surface area (Å²) in [5.74, 6) is -0.174. The van der Waals surface area contributed by atoms with Crippen LogP contribution in [0.3, 0.4) is 0 Å². The van der Waals surface area contributed by atoms with Crippen LogP contribution >= 0.6 is 24.8 Å². The third kappa shape index (κ3) is 8.37. The minimum absolute atomic E-state index is 0. The van der Waals surface area contributed by atoms with Gasteiger partial charge in [-0.15, -0.1) is 76.7 Å². The van der Waals surface area contributed by atoms with Crippen LogP contribution in [0.1, 0.15) is 23.1 Å². The fraction of sp³-hybridized carbons (Fsp3) is 0.0270. The first-order chi connectivity index (χ1) is 19.2. The van der Waals surface area contributed by atoms with Gasteiger partial charge in [-0.2, -0.15) is 17.7 Å². The van der Waals surface area contributed by atoms with Gasteiger partial charge in [-0.05, 0) is 6.07 Å². The number of allylic oxidation sites excluding steroid dienone is 4. The van der Waals surface area contributed by atoms with E-state index >= 15 is 0 Å². The van der Waals surface area contributed by atoms with Crippen molar-refractivity contribution >= 4 is 55.1 Å². The van der Waals surface area contributed by atoms with E-state index in [1.165, 1.54) is 66.2 Å². The van der Waals surface area contributed by atoms with Gasteiger partial charge in [0.25, 0.3) is 0 Å². The molecule has 41 heavy (non-hydrogen) atoms. The van der Waals surface area contributed by atoms with Gasteiger partial charge in [0.1, 0.15) is 0 Å². The molecule has 0 bridgehead atoms. The summed E-state index contributed by atoms with van der Waals surface area (Å²) in [6.45, 7) is 0. The quantitative estimate of drug-likeness (QED) is 0.167. The zero-order chi connectivity index (χ0) is 26.9. The molecule has 0 heterocycles. The van der Waals surface area contributed by atoms with Crippen molar-refractivity contribution in [3.8, 4) is 0 Å². The summed E-state index contributed by atoms with van der Waals surface area (Å²) in [6.07, 6.45) is 7.75. The molecule has 0 spiro atoms. The van der Waals surface area contributed by atoms with E-state index in [1.54, 1.807) is 12.1 Å². The van der Waals surface area contributed by atoms with Crippen molar-refractivity contribution in [1.29, 1.82) is 0 Å². The van der Waals surface area contributed by atoms with Gasteiger partial charge >= 0.3 is 99.2 Å². The average molecular weight is 655 g/mol. The Morgan fingerprint density at radius 3 is 1.56 bits per heavy atom. The molecular formula is C37H29Cl2FZr. The van der Waals surface area contributed by atoms with Gasteiger partial charge in [-0.25, -0.2) is 4.39 Å². The number of rotatable bonds is 3. The molecule has 4 heteroatoms. The van der Waals surface area contributed by atoms with Crippen LogP contribution in [0.5, 0.6) is 0 Å². The van der Waals surface area contributed by atoms with Crippen LogP contribution < -0.4 is 0 Å². The average Bonchev–Trinajstić information content (AvgIpc) is 3.67. The summed E-state index contributed by atoms with van der Waals surface area (Å²) in [5.41, 5.74) is 4.17. The van der Waals surface area contributed by atoms with Crippen LogP contribution in [0.15, 0.2) is 152 Å². The minimum atomic E-state index is -0.174. The molecule has 6 aromatic rings. The number of fused-ring (bicyclic) bond motifs is 3. The van der Waals surface area contributed by atoms with Gasteiger partial charge in [0.2, 0.25) is 0 Å². The smallest absolute Gasteiger partial charge is 0.0771 e. The van der Waals surface area contributed by atoms with Crippen molar-refractivity contribution in [3.63, 3.8) is 0 Å². The first kappa shape index (κ1) is 32.2. The summed E-state index contributed by atoms with van der Waals surface area (Å²) < 4.78 is 14.6. The van der Waals surface area contributed by atoms with Gasteiger partial charge in [-0.1, -0.05) is 60.5 Å². The monoisotopic (exact) mass is 652 g/mol. The number of hydrogen-bond acceptors (Lipinski definition) is 0. The second-order valence-corrected chi connectivity index (χ2v) is 10.3. The molecule has 0 atom stereocenters. The van der Waals surface area contributed by atoms with Crippen LogP contribution in [0.25, 0.3) is 27.1 Å². The van der Waals surface area contributed by atoms with Crippen molar-refractivity contribution in [1.82, 2.24) is 0 Å². The van der Waals surface area contributed by atoms with E-state index in [2.05, 4.69) is 121 Å². The fourth-order valence-corrected chi connectivity index (χ4v) is 5.37. The number of hydrogen-bond donors (Lipinski definition) is 0. The molecule has 6 aromatic carbocycles. The molecule has 1 aliphatic carbocycles.